The van der Waals surface area contributed by atoms with Gasteiger partial charge in [0.2, 0.25) is 0 Å². The van der Waals surface area contributed by atoms with Gasteiger partial charge in [0.05, 0.1) is 23.3 Å². The minimum Gasteiger partial charge on any atom is -0.372 e. The van der Waals surface area contributed by atoms with E-state index < -0.39 is 0 Å². The molecule has 1 aromatic rings. The number of aromatic nitrogens is 1. The van der Waals surface area contributed by atoms with Gasteiger partial charge in [-0.1, -0.05) is 6.92 Å². The van der Waals surface area contributed by atoms with Crippen LogP contribution in [0.2, 0.25) is 0 Å². The van der Waals surface area contributed by atoms with Gasteiger partial charge in [0.1, 0.15) is 11.1 Å². The SMILES string of the molecule is CCC1CN(C(=O)c2cc(C3CC3)nc(SC)c2C#N)CC(C)O1. The van der Waals surface area contributed by atoms with E-state index in [2.05, 4.69) is 18.0 Å². The highest BCUT2D eigenvalue weighted by molar-refractivity contribution is 7.98. The number of hydrogen-bond donors (Lipinski definition) is 0. The molecule has 0 aromatic carbocycles. The van der Waals surface area contributed by atoms with Crippen LogP contribution in [-0.2, 0) is 4.74 Å². The number of pyridine rings is 1. The van der Waals surface area contributed by atoms with Crippen LogP contribution >= 0.6 is 11.8 Å². The Morgan fingerprint density at radius 3 is 2.83 bits per heavy atom. The first kappa shape index (κ1) is 17.2. The molecule has 1 aliphatic carbocycles. The zero-order valence-electron chi connectivity index (χ0n) is 14.4. The monoisotopic (exact) mass is 345 g/mol. The van der Waals surface area contributed by atoms with Crippen LogP contribution < -0.4 is 0 Å². The molecule has 0 bridgehead atoms. The number of carbonyl (C=O) groups excluding carboxylic acids is 1. The second-order valence-corrected chi connectivity index (χ2v) is 7.35. The molecule has 128 valence electrons. The van der Waals surface area contributed by atoms with Crippen LogP contribution in [0.1, 0.15) is 60.6 Å². The van der Waals surface area contributed by atoms with Crippen molar-refractivity contribution >= 4 is 17.7 Å². The minimum absolute atomic E-state index is 0.0166. The van der Waals surface area contributed by atoms with E-state index in [-0.39, 0.29) is 18.1 Å². The largest absolute Gasteiger partial charge is 0.372 e. The molecule has 24 heavy (non-hydrogen) atoms. The standard InChI is InChI=1S/C18H23N3O2S/c1-4-13-10-21(9-11(2)23-13)18(22)14-7-16(12-5-6-12)20-17(24-3)15(14)8-19/h7,11-13H,4-6,9-10H2,1-3H3. The quantitative estimate of drug-likeness (QED) is 0.784. The van der Waals surface area contributed by atoms with Gasteiger partial charge in [-0.3, -0.25) is 4.79 Å². The summed E-state index contributed by atoms with van der Waals surface area (Å²) in [7, 11) is 0. The van der Waals surface area contributed by atoms with E-state index in [9.17, 15) is 10.1 Å². The third-order valence-electron chi connectivity index (χ3n) is 4.61. The van der Waals surface area contributed by atoms with Gasteiger partial charge in [0, 0.05) is 24.7 Å². The van der Waals surface area contributed by atoms with Gasteiger partial charge in [0.25, 0.3) is 5.91 Å². The van der Waals surface area contributed by atoms with Crippen molar-refractivity contribution in [3.63, 3.8) is 0 Å². The Kier molecular flexibility index (Phi) is 5.12. The molecular weight excluding hydrogens is 322 g/mol. The summed E-state index contributed by atoms with van der Waals surface area (Å²) >= 11 is 1.43. The smallest absolute Gasteiger partial charge is 0.255 e. The second kappa shape index (κ2) is 7.12. The number of nitriles is 1. The Morgan fingerprint density at radius 1 is 1.50 bits per heavy atom. The summed E-state index contributed by atoms with van der Waals surface area (Å²) in [5.41, 5.74) is 1.86. The number of hydrogen-bond acceptors (Lipinski definition) is 5. The fraction of sp³-hybridized carbons (Fsp3) is 0.611. The first-order valence-electron chi connectivity index (χ1n) is 8.51. The van der Waals surface area contributed by atoms with Gasteiger partial charge in [-0.05, 0) is 38.5 Å². The Bertz CT molecular complexity index is 682. The summed E-state index contributed by atoms with van der Waals surface area (Å²) in [6.45, 7) is 5.20. The van der Waals surface area contributed by atoms with Crippen molar-refractivity contribution in [3.05, 3.63) is 22.9 Å². The summed E-state index contributed by atoms with van der Waals surface area (Å²) in [5.74, 6) is 0.377. The number of carbonyl (C=O) groups is 1. The Labute approximate surface area is 147 Å². The van der Waals surface area contributed by atoms with Crippen molar-refractivity contribution in [2.45, 2.75) is 56.3 Å². The highest BCUT2D eigenvalue weighted by atomic mass is 32.2. The summed E-state index contributed by atoms with van der Waals surface area (Å²) in [6, 6.07) is 4.04. The van der Waals surface area contributed by atoms with Crippen LogP contribution in [0.15, 0.2) is 11.1 Å². The molecule has 1 aromatic heterocycles. The summed E-state index contributed by atoms with van der Waals surface area (Å²) in [6.07, 6.45) is 5.09. The third kappa shape index (κ3) is 3.42. The maximum Gasteiger partial charge on any atom is 0.255 e. The second-order valence-electron chi connectivity index (χ2n) is 6.55. The molecule has 3 rings (SSSR count). The predicted molar refractivity (Wildman–Crippen MR) is 93.2 cm³/mol. The van der Waals surface area contributed by atoms with Gasteiger partial charge in [-0.2, -0.15) is 5.26 Å². The molecule has 0 radical (unpaired) electrons. The molecule has 0 N–H and O–H groups in total. The first-order chi connectivity index (χ1) is 11.6. The fourth-order valence-electron chi connectivity index (χ4n) is 3.16. The van der Waals surface area contributed by atoms with Gasteiger partial charge in [-0.15, -0.1) is 11.8 Å². The van der Waals surface area contributed by atoms with Gasteiger partial charge >= 0.3 is 0 Å². The van der Waals surface area contributed by atoms with Crippen molar-refractivity contribution in [2.24, 2.45) is 0 Å². The molecule has 2 atom stereocenters. The van der Waals surface area contributed by atoms with Crippen molar-refractivity contribution < 1.29 is 9.53 Å². The lowest BCUT2D eigenvalue weighted by Gasteiger charge is -2.36. The Balaban J connectivity index is 1.96. The van der Waals surface area contributed by atoms with Crippen LogP contribution in [0.4, 0.5) is 0 Å². The fourth-order valence-corrected chi connectivity index (χ4v) is 3.72. The minimum atomic E-state index is -0.0697. The molecule has 2 aliphatic rings. The number of thioether (sulfide) groups is 1. The van der Waals surface area contributed by atoms with E-state index in [0.717, 1.165) is 25.0 Å². The number of morpholine rings is 1. The average molecular weight is 345 g/mol. The van der Waals surface area contributed by atoms with Crippen molar-refractivity contribution in [1.82, 2.24) is 9.88 Å². The van der Waals surface area contributed by atoms with Crippen LogP contribution in [0.5, 0.6) is 0 Å². The Morgan fingerprint density at radius 2 is 2.25 bits per heavy atom. The van der Waals surface area contributed by atoms with Crippen molar-refractivity contribution in [3.8, 4) is 6.07 Å². The topological polar surface area (TPSA) is 66.2 Å². The lowest BCUT2D eigenvalue weighted by atomic mass is 10.1. The highest BCUT2D eigenvalue weighted by Gasteiger charge is 2.32. The van der Waals surface area contributed by atoms with Crippen molar-refractivity contribution in [2.75, 3.05) is 19.3 Å². The van der Waals surface area contributed by atoms with E-state index in [0.29, 0.717) is 35.2 Å². The first-order valence-corrected chi connectivity index (χ1v) is 9.73. The molecule has 6 heteroatoms. The molecule has 1 saturated carbocycles. The Hall–Kier alpha value is -1.58. The lowest BCUT2D eigenvalue weighted by Crippen LogP contribution is -2.49. The maximum absolute atomic E-state index is 13.1. The molecule has 1 aliphatic heterocycles. The third-order valence-corrected chi connectivity index (χ3v) is 5.29. The number of nitrogens with zero attached hydrogens (tertiary/aromatic N) is 3. The number of ether oxygens (including phenoxy) is 1. The van der Waals surface area contributed by atoms with E-state index in [4.69, 9.17) is 4.74 Å². The lowest BCUT2D eigenvalue weighted by molar-refractivity contribution is -0.0681. The van der Waals surface area contributed by atoms with Gasteiger partial charge in [0.15, 0.2) is 0 Å². The van der Waals surface area contributed by atoms with Crippen LogP contribution in [0.25, 0.3) is 0 Å². The maximum atomic E-state index is 13.1. The van der Waals surface area contributed by atoms with E-state index >= 15 is 0 Å². The van der Waals surface area contributed by atoms with Crippen LogP contribution in [0.3, 0.4) is 0 Å². The molecule has 2 fully saturated rings. The van der Waals surface area contributed by atoms with E-state index in [1.165, 1.54) is 11.8 Å². The molecule has 1 saturated heterocycles. The summed E-state index contributed by atoms with van der Waals surface area (Å²) in [5, 5.41) is 10.2. The zero-order valence-corrected chi connectivity index (χ0v) is 15.2. The normalized spacial score (nSPS) is 23.8. The highest BCUT2D eigenvalue weighted by Crippen LogP contribution is 2.40. The van der Waals surface area contributed by atoms with Crippen molar-refractivity contribution in [1.29, 1.82) is 5.26 Å². The van der Waals surface area contributed by atoms with Crippen LogP contribution in [0, 0.1) is 11.3 Å². The zero-order chi connectivity index (χ0) is 17.3. The average Bonchev–Trinajstić information content (AvgIpc) is 3.44. The number of amides is 1. The molecule has 0 spiro atoms. The van der Waals surface area contributed by atoms with Crippen LogP contribution in [-0.4, -0.2) is 47.3 Å². The van der Waals surface area contributed by atoms with Gasteiger partial charge < -0.3 is 9.64 Å². The molecular formula is C18H23N3O2S. The van der Waals surface area contributed by atoms with E-state index in [1.54, 1.807) is 0 Å². The summed E-state index contributed by atoms with van der Waals surface area (Å²) < 4.78 is 5.85. The molecule has 5 nitrogen and oxygen atoms in total. The number of rotatable bonds is 4. The van der Waals surface area contributed by atoms with E-state index in [1.807, 2.05) is 24.1 Å². The molecule has 1 amide bonds. The predicted octanol–water partition coefficient (Wildman–Crippen LogP) is 3.19. The molecule has 2 unspecified atom stereocenters. The summed E-state index contributed by atoms with van der Waals surface area (Å²) in [4.78, 5) is 19.6. The molecule has 2 heterocycles. The van der Waals surface area contributed by atoms with Gasteiger partial charge in [-0.25, -0.2) is 4.98 Å².